The van der Waals surface area contributed by atoms with Crippen LogP contribution >= 0.6 is 0 Å². The van der Waals surface area contributed by atoms with Crippen molar-refractivity contribution in [3.05, 3.63) is 29.8 Å². The summed E-state index contributed by atoms with van der Waals surface area (Å²) >= 11 is 0. The van der Waals surface area contributed by atoms with Crippen LogP contribution in [-0.2, 0) is 21.5 Å². The van der Waals surface area contributed by atoms with Gasteiger partial charge < -0.3 is 9.08 Å². The van der Waals surface area contributed by atoms with Crippen molar-refractivity contribution in [2.75, 3.05) is 12.8 Å². The second kappa shape index (κ2) is 7.13. The number of para-hydroxylation sites is 1. The molecule has 1 aliphatic rings. The molecule has 0 saturated heterocycles. The first-order valence-corrected chi connectivity index (χ1v) is 10.1. The minimum atomic E-state index is -3.60. The van der Waals surface area contributed by atoms with Crippen molar-refractivity contribution in [3.63, 3.8) is 0 Å². The number of carbonyl (C=O) groups excluding carboxylic acids is 1. The summed E-state index contributed by atoms with van der Waals surface area (Å²) in [6.45, 7) is 7.22. The van der Waals surface area contributed by atoms with Gasteiger partial charge in [-0.2, -0.15) is 8.42 Å². The molecule has 0 bridgehead atoms. The Morgan fingerprint density at radius 3 is 2.42 bits per heavy atom. The summed E-state index contributed by atoms with van der Waals surface area (Å²) in [4.78, 5) is 14.5. The maximum atomic E-state index is 12.7. The van der Waals surface area contributed by atoms with Crippen LogP contribution in [0, 0.1) is 11.3 Å². The number of hydrogen-bond acceptors (Lipinski definition) is 4. The Hall–Kier alpha value is -1.56. The van der Waals surface area contributed by atoms with Gasteiger partial charge in [-0.1, -0.05) is 39.0 Å². The molecule has 24 heavy (non-hydrogen) atoms. The van der Waals surface area contributed by atoms with Crippen LogP contribution in [0.4, 0.5) is 0 Å². The van der Waals surface area contributed by atoms with Gasteiger partial charge in [-0.05, 0) is 30.2 Å². The third-order valence-electron chi connectivity index (χ3n) is 3.78. The lowest BCUT2D eigenvalue weighted by atomic mass is 9.91. The van der Waals surface area contributed by atoms with Gasteiger partial charge in [-0.15, -0.1) is 0 Å². The third kappa shape index (κ3) is 6.51. The minimum Gasteiger partial charge on any atom is -0.382 e. The van der Waals surface area contributed by atoms with E-state index in [1.54, 1.807) is 12.1 Å². The van der Waals surface area contributed by atoms with E-state index < -0.39 is 10.1 Å². The summed E-state index contributed by atoms with van der Waals surface area (Å²) < 4.78 is 28.0. The van der Waals surface area contributed by atoms with Gasteiger partial charge in [-0.25, -0.2) is 0 Å². The lowest BCUT2D eigenvalue weighted by Crippen LogP contribution is -2.35. The Bertz CT molecular complexity index is 687. The molecular formula is C18H27NO4S. The van der Waals surface area contributed by atoms with Gasteiger partial charge in [0, 0.05) is 25.1 Å². The molecule has 0 unspecified atom stereocenters. The van der Waals surface area contributed by atoms with Gasteiger partial charge in [-0.3, -0.25) is 4.79 Å². The molecule has 0 aliphatic heterocycles. The normalized spacial score (nSPS) is 15.2. The molecule has 1 aromatic carbocycles. The molecule has 1 fully saturated rings. The fraction of sp³-hybridized carbons (Fsp3) is 0.611. The molecular weight excluding hydrogens is 326 g/mol. The van der Waals surface area contributed by atoms with Crippen LogP contribution < -0.4 is 4.18 Å². The molecule has 1 saturated carbocycles. The van der Waals surface area contributed by atoms with Crippen molar-refractivity contribution in [1.82, 2.24) is 4.90 Å². The molecule has 0 spiro atoms. The number of benzene rings is 1. The Balaban J connectivity index is 2.18. The van der Waals surface area contributed by atoms with E-state index in [4.69, 9.17) is 4.18 Å². The van der Waals surface area contributed by atoms with Crippen LogP contribution in [0.2, 0.25) is 0 Å². The molecule has 2 rings (SSSR count). The van der Waals surface area contributed by atoms with Gasteiger partial charge in [0.15, 0.2) is 0 Å². The van der Waals surface area contributed by atoms with Crippen LogP contribution in [0.1, 0.15) is 45.6 Å². The summed E-state index contributed by atoms with van der Waals surface area (Å²) in [5.74, 6) is 0.963. The second-order valence-corrected chi connectivity index (χ2v) is 9.43. The SMILES string of the molecule is CC(C)(C)CC(=O)N(Cc1ccccc1OS(C)(=O)=O)CC1CC1. The highest BCUT2D eigenvalue weighted by Gasteiger charge is 2.29. The zero-order valence-corrected chi connectivity index (χ0v) is 15.7. The van der Waals surface area contributed by atoms with Crippen molar-refractivity contribution < 1.29 is 17.4 Å². The predicted octanol–water partition coefficient (Wildman–Crippen LogP) is 3.20. The number of rotatable bonds is 7. The molecule has 0 atom stereocenters. The maximum Gasteiger partial charge on any atom is 0.306 e. The molecule has 1 aromatic rings. The lowest BCUT2D eigenvalue weighted by Gasteiger charge is -2.27. The van der Waals surface area contributed by atoms with E-state index in [1.807, 2.05) is 37.8 Å². The first-order valence-electron chi connectivity index (χ1n) is 8.29. The van der Waals surface area contributed by atoms with Crippen LogP contribution in [0.25, 0.3) is 0 Å². The van der Waals surface area contributed by atoms with E-state index >= 15 is 0 Å². The molecule has 0 heterocycles. The topological polar surface area (TPSA) is 63.7 Å². The average molecular weight is 353 g/mol. The van der Waals surface area contributed by atoms with Gasteiger partial charge >= 0.3 is 10.1 Å². The van der Waals surface area contributed by atoms with Crippen molar-refractivity contribution in [1.29, 1.82) is 0 Å². The van der Waals surface area contributed by atoms with Crippen molar-refractivity contribution in [2.45, 2.75) is 46.6 Å². The number of amides is 1. The van der Waals surface area contributed by atoms with Crippen LogP contribution in [0.5, 0.6) is 5.75 Å². The molecule has 5 nitrogen and oxygen atoms in total. The lowest BCUT2D eigenvalue weighted by molar-refractivity contribution is -0.134. The minimum absolute atomic E-state index is 0.0817. The molecule has 0 aromatic heterocycles. The molecule has 0 radical (unpaired) electrons. The first-order chi connectivity index (χ1) is 11.0. The predicted molar refractivity (Wildman–Crippen MR) is 94.1 cm³/mol. The largest absolute Gasteiger partial charge is 0.382 e. The second-order valence-electron chi connectivity index (χ2n) is 7.85. The van der Waals surface area contributed by atoms with E-state index in [9.17, 15) is 13.2 Å². The third-order valence-corrected chi connectivity index (χ3v) is 4.27. The van der Waals surface area contributed by atoms with Gasteiger partial charge in [0.05, 0.1) is 6.26 Å². The molecule has 1 aliphatic carbocycles. The number of carbonyl (C=O) groups is 1. The zero-order chi connectivity index (χ0) is 18.0. The van der Waals surface area contributed by atoms with Gasteiger partial charge in [0.2, 0.25) is 5.91 Å². The van der Waals surface area contributed by atoms with Gasteiger partial charge in [0.1, 0.15) is 5.75 Å². The van der Waals surface area contributed by atoms with E-state index in [0.29, 0.717) is 30.2 Å². The van der Waals surface area contributed by atoms with Crippen molar-refractivity contribution in [2.24, 2.45) is 11.3 Å². The summed E-state index contributed by atoms with van der Waals surface area (Å²) in [5.41, 5.74) is 0.632. The standard InChI is InChI=1S/C18H27NO4S/c1-18(2,3)11-17(20)19(12-14-9-10-14)13-15-7-5-6-8-16(15)23-24(4,21)22/h5-8,14H,9-13H2,1-4H3. The van der Waals surface area contributed by atoms with E-state index in [0.717, 1.165) is 25.6 Å². The Morgan fingerprint density at radius 2 is 1.88 bits per heavy atom. The van der Waals surface area contributed by atoms with Crippen LogP contribution in [0.15, 0.2) is 24.3 Å². The highest BCUT2D eigenvalue weighted by atomic mass is 32.2. The summed E-state index contributed by atoms with van der Waals surface area (Å²) in [5, 5.41) is 0. The van der Waals surface area contributed by atoms with Crippen LogP contribution in [-0.4, -0.2) is 32.0 Å². The highest BCUT2D eigenvalue weighted by Crippen LogP contribution is 2.32. The quantitative estimate of drug-likeness (QED) is 0.706. The Morgan fingerprint density at radius 1 is 1.25 bits per heavy atom. The fourth-order valence-corrected chi connectivity index (χ4v) is 3.01. The molecule has 134 valence electrons. The fourth-order valence-electron chi connectivity index (χ4n) is 2.52. The Labute approximate surface area is 145 Å². The van der Waals surface area contributed by atoms with Gasteiger partial charge in [0.25, 0.3) is 0 Å². The van der Waals surface area contributed by atoms with Crippen molar-refractivity contribution in [3.8, 4) is 5.75 Å². The summed E-state index contributed by atoms with van der Waals surface area (Å²) in [6, 6.07) is 6.99. The zero-order valence-electron chi connectivity index (χ0n) is 14.9. The molecule has 0 N–H and O–H groups in total. The smallest absolute Gasteiger partial charge is 0.306 e. The van der Waals surface area contributed by atoms with Crippen LogP contribution in [0.3, 0.4) is 0 Å². The first kappa shape index (κ1) is 18.8. The number of hydrogen-bond donors (Lipinski definition) is 0. The molecule has 1 amide bonds. The van der Waals surface area contributed by atoms with E-state index in [1.165, 1.54) is 0 Å². The Kier molecular flexibility index (Phi) is 5.58. The average Bonchev–Trinajstić information content (AvgIpc) is 3.20. The van der Waals surface area contributed by atoms with Crippen molar-refractivity contribution >= 4 is 16.0 Å². The summed E-state index contributed by atoms with van der Waals surface area (Å²) in [6.07, 6.45) is 3.80. The van der Waals surface area contributed by atoms with E-state index in [2.05, 4.69) is 0 Å². The maximum absolute atomic E-state index is 12.7. The monoisotopic (exact) mass is 353 g/mol. The highest BCUT2D eigenvalue weighted by molar-refractivity contribution is 7.86. The number of nitrogens with zero attached hydrogens (tertiary/aromatic N) is 1. The molecule has 6 heteroatoms. The summed E-state index contributed by atoms with van der Waals surface area (Å²) in [7, 11) is -3.60. The van der Waals surface area contributed by atoms with E-state index in [-0.39, 0.29) is 11.3 Å².